The van der Waals surface area contributed by atoms with Gasteiger partial charge in [0.05, 0.1) is 17.5 Å². The lowest BCUT2D eigenvalue weighted by Gasteiger charge is -2.18. The standard InChI is InChI=1S/C18H19F3N4O3/c1-24-8-12(15(23-24)11-5-3-2-4-6-11)7-22-17(28)25-9-13(16(26)27)14(10-25)18(19,20)21/h2-6,8,13-14H,7,9-10H2,1H3,(H,22,28)(H,26,27)/t13-,14-/m1/s1. The molecule has 10 heteroatoms. The molecule has 1 aromatic heterocycles. The van der Waals surface area contributed by atoms with E-state index in [1.54, 1.807) is 17.9 Å². The summed E-state index contributed by atoms with van der Waals surface area (Å²) in [5, 5.41) is 16.0. The van der Waals surface area contributed by atoms with Crippen molar-refractivity contribution in [2.45, 2.75) is 12.7 Å². The summed E-state index contributed by atoms with van der Waals surface area (Å²) < 4.78 is 40.8. The minimum atomic E-state index is -4.68. The lowest BCUT2D eigenvalue weighted by Crippen LogP contribution is -2.39. The monoisotopic (exact) mass is 396 g/mol. The van der Waals surface area contributed by atoms with Gasteiger partial charge in [-0.3, -0.25) is 9.48 Å². The number of nitrogens with one attached hydrogen (secondary N) is 1. The van der Waals surface area contributed by atoms with Crippen molar-refractivity contribution in [3.63, 3.8) is 0 Å². The fraction of sp³-hybridized carbons (Fsp3) is 0.389. The Morgan fingerprint density at radius 2 is 1.93 bits per heavy atom. The highest BCUT2D eigenvalue weighted by molar-refractivity contribution is 5.78. The van der Waals surface area contributed by atoms with Gasteiger partial charge in [0.15, 0.2) is 0 Å². The molecule has 1 saturated heterocycles. The number of benzene rings is 1. The Morgan fingerprint density at radius 3 is 2.50 bits per heavy atom. The summed E-state index contributed by atoms with van der Waals surface area (Å²) in [6, 6.07) is 8.54. The molecule has 0 bridgehead atoms. The van der Waals surface area contributed by atoms with Gasteiger partial charge in [-0.1, -0.05) is 30.3 Å². The molecule has 150 valence electrons. The van der Waals surface area contributed by atoms with Crippen molar-refractivity contribution in [2.75, 3.05) is 13.1 Å². The van der Waals surface area contributed by atoms with E-state index in [2.05, 4.69) is 10.4 Å². The highest BCUT2D eigenvalue weighted by atomic mass is 19.4. The largest absolute Gasteiger partial charge is 0.481 e. The highest BCUT2D eigenvalue weighted by Crippen LogP contribution is 2.37. The molecule has 1 aromatic carbocycles. The number of likely N-dealkylation sites (tertiary alicyclic amines) is 1. The van der Waals surface area contributed by atoms with Crippen LogP contribution < -0.4 is 5.32 Å². The lowest BCUT2D eigenvalue weighted by atomic mass is 9.96. The molecule has 2 N–H and O–H groups in total. The molecule has 1 aliphatic heterocycles. The molecule has 0 radical (unpaired) electrons. The number of carboxylic acids is 1. The second-order valence-corrected chi connectivity index (χ2v) is 6.70. The zero-order chi connectivity index (χ0) is 20.5. The van der Waals surface area contributed by atoms with Gasteiger partial charge in [0.2, 0.25) is 0 Å². The first-order valence-electron chi connectivity index (χ1n) is 8.57. The Balaban J connectivity index is 1.69. The van der Waals surface area contributed by atoms with Crippen LogP contribution >= 0.6 is 0 Å². The van der Waals surface area contributed by atoms with Gasteiger partial charge in [-0.25, -0.2) is 4.79 Å². The number of aryl methyl sites for hydroxylation is 1. The number of carbonyl (C=O) groups excluding carboxylic acids is 1. The highest BCUT2D eigenvalue weighted by Gasteiger charge is 2.53. The van der Waals surface area contributed by atoms with Crippen LogP contribution in [0.25, 0.3) is 11.3 Å². The summed E-state index contributed by atoms with van der Waals surface area (Å²) in [5.41, 5.74) is 2.20. The van der Waals surface area contributed by atoms with Crippen LogP contribution in [0.15, 0.2) is 36.5 Å². The molecular formula is C18H19F3N4O3. The summed E-state index contributed by atoms with van der Waals surface area (Å²) in [5.74, 6) is -5.30. The minimum Gasteiger partial charge on any atom is -0.481 e. The number of carbonyl (C=O) groups is 2. The Hall–Kier alpha value is -3.04. The molecule has 7 nitrogen and oxygen atoms in total. The van der Waals surface area contributed by atoms with E-state index < -0.39 is 43.1 Å². The van der Waals surface area contributed by atoms with Gasteiger partial charge in [-0.05, 0) is 0 Å². The molecule has 3 rings (SSSR count). The third kappa shape index (κ3) is 4.10. The molecule has 0 spiro atoms. The van der Waals surface area contributed by atoms with E-state index in [0.29, 0.717) is 11.3 Å². The van der Waals surface area contributed by atoms with Crippen LogP contribution in [0.4, 0.5) is 18.0 Å². The SMILES string of the molecule is Cn1cc(CNC(=O)N2C[C@@H](C(F)(F)F)[C@H](C(=O)O)C2)c(-c2ccccc2)n1. The van der Waals surface area contributed by atoms with Gasteiger partial charge in [-0.2, -0.15) is 18.3 Å². The van der Waals surface area contributed by atoms with Gasteiger partial charge in [0.1, 0.15) is 0 Å². The molecule has 28 heavy (non-hydrogen) atoms. The number of carboxylic acid groups (broad SMARTS) is 1. The Kier molecular flexibility index (Phi) is 5.30. The third-order valence-electron chi connectivity index (χ3n) is 4.73. The van der Waals surface area contributed by atoms with Crippen molar-refractivity contribution in [3.05, 3.63) is 42.1 Å². The predicted octanol–water partition coefficient (Wildman–Crippen LogP) is 2.49. The first-order valence-corrected chi connectivity index (χ1v) is 8.57. The van der Waals surface area contributed by atoms with Crippen LogP contribution in [0, 0.1) is 11.8 Å². The van der Waals surface area contributed by atoms with Gasteiger partial charge in [0.25, 0.3) is 0 Å². The van der Waals surface area contributed by atoms with E-state index in [9.17, 15) is 22.8 Å². The minimum absolute atomic E-state index is 0.0574. The van der Waals surface area contributed by atoms with Crippen LogP contribution in [-0.4, -0.2) is 51.1 Å². The predicted molar refractivity (Wildman–Crippen MR) is 93.1 cm³/mol. The summed E-state index contributed by atoms with van der Waals surface area (Å²) in [4.78, 5) is 24.4. The van der Waals surface area contributed by atoms with E-state index in [0.717, 1.165) is 10.5 Å². The molecule has 1 aliphatic rings. The molecule has 0 saturated carbocycles. The molecule has 1 fully saturated rings. The number of nitrogens with zero attached hydrogens (tertiary/aromatic N) is 3. The zero-order valence-corrected chi connectivity index (χ0v) is 15.0. The van der Waals surface area contributed by atoms with E-state index >= 15 is 0 Å². The van der Waals surface area contributed by atoms with Crippen LogP contribution in [0.5, 0.6) is 0 Å². The second-order valence-electron chi connectivity index (χ2n) is 6.70. The van der Waals surface area contributed by atoms with Crippen molar-refractivity contribution >= 4 is 12.0 Å². The van der Waals surface area contributed by atoms with Gasteiger partial charge < -0.3 is 15.3 Å². The van der Waals surface area contributed by atoms with Crippen LogP contribution in [-0.2, 0) is 18.4 Å². The second kappa shape index (κ2) is 7.53. The van der Waals surface area contributed by atoms with E-state index in [4.69, 9.17) is 5.11 Å². The Labute approximate surface area is 158 Å². The number of alkyl halides is 3. The average molecular weight is 396 g/mol. The van der Waals surface area contributed by atoms with Crippen LogP contribution in [0.2, 0.25) is 0 Å². The normalized spacial score (nSPS) is 19.6. The van der Waals surface area contributed by atoms with Gasteiger partial charge in [0, 0.05) is 44.0 Å². The number of amides is 2. The van der Waals surface area contributed by atoms with E-state index in [1.807, 2.05) is 30.3 Å². The number of halogens is 3. The number of rotatable bonds is 4. The van der Waals surface area contributed by atoms with Crippen LogP contribution in [0.3, 0.4) is 0 Å². The molecular weight excluding hydrogens is 377 g/mol. The van der Waals surface area contributed by atoms with E-state index in [1.165, 1.54) is 0 Å². The summed E-state index contributed by atoms with van der Waals surface area (Å²) in [7, 11) is 1.73. The molecule has 2 amide bonds. The number of hydrogen-bond donors (Lipinski definition) is 2. The smallest absolute Gasteiger partial charge is 0.394 e. The molecule has 0 unspecified atom stereocenters. The number of hydrogen-bond acceptors (Lipinski definition) is 3. The fourth-order valence-corrected chi connectivity index (χ4v) is 3.34. The average Bonchev–Trinajstić information content (AvgIpc) is 3.24. The third-order valence-corrected chi connectivity index (χ3v) is 4.73. The molecule has 2 atom stereocenters. The van der Waals surface area contributed by atoms with Crippen molar-refractivity contribution in [3.8, 4) is 11.3 Å². The topological polar surface area (TPSA) is 87.5 Å². The first-order chi connectivity index (χ1) is 13.2. The maximum atomic E-state index is 13.1. The van der Waals surface area contributed by atoms with Crippen molar-refractivity contribution < 1.29 is 27.9 Å². The Morgan fingerprint density at radius 1 is 1.25 bits per heavy atom. The maximum Gasteiger partial charge on any atom is 0.394 e. The summed E-state index contributed by atoms with van der Waals surface area (Å²) in [6.07, 6.45) is -2.97. The quantitative estimate of drug-likeness (QED) is 0.831. The summed E-state index contributed by atoms with van der Waals surface area (Å²) in [6.45, 7) is -1.10. The molecule has 0 aliphatic carbocycles. The molecule has 2 heterocycles. The first kappa shape index (κ1) is 19.7. The van der Waals surface area contributed by atoms with Crippen molar-refractivity contribution in [1.29, 1.82) is 0 Å². The number of urea groups is 1. The van der Waals surface area contributed by atoms with E-state index in [-0.39, 0.29) is 6.54 Å². The Bertz CT molecular complexity index is 867. The number of aliphatic carboxylic acids is 1. The van der Waals surface area contributed by atoms with Gasteiger partial charge in [-0.15, -0.1) is 0 Å². The van der Waals surface area contributed by atoms with Crippen molar-refractivity contribution in [1.82, 2.24) is 20.0 Å². The number of aromatic nitrogens is 2. The zero-order valence-electron chi connectivity index (χ0n) is 15.0. The molecule has 2 aromatic rings. The fourth-order valence-electron chi connectivity index (χ4n) is 3.34. The lowest BCUT2D eigenvalue weighted by molar-refractivity contribution is -0.187. The maximum absolute atomic E-state index is 13.1. The van der Waals surface area contributed by atoms with Gasteiger partial charge >= 0.3 is 18.2 Å². The van der Waals surface area contributed by atoms with Crippen molar-refractivity contribution in [2.24, 2.45) is 18.9 Å². The summed E-state index contributed by atoms with van der Waals surface area (Å²) >= 11 is 0. The van der Waals surface area contributed by atoms with Crippen LogP contribution in [0.1, 0.15) is 5.56 Å².